The van der Waals surface area contributed by atoms with Crippen molar-refractivity contribution >= 4 is 33.4 Å². The van der Waals surface area contributed by atoms with Crippen molar-refractivity contribution in [3.8, 4) is 5.75 Å². The average Bonchev–Trinajstić information content (AvgIpc) is 2.42. The number of benzene rings is 1. The number of rotatable bonds is 4. The Balaban J connectivity index is 2.13. The molecule has 0 saturated heterocycles. The minimum absolute atomic E-state index is 0.286. The van der Waals surface area contributed by atoms with Crippen LogP contribution in [0.1, 0.15) is 0 Å². The van der Waals surface area contributed by atoms with Crippen LogP contribution in [0.25, 0.3) is 0 Å². The van der Waals surface area contributed by atoms with Gasteiger partial charge < -0.3 is 15.4 Å². The molecule has 0 bridgehead atoms. The fourth-order valence-corrected chi connectivity index (χ4v) is 1.74. The number of alkyl halides is 3. The van der Waals surface area contributed by atoms with Gasteiger partial charge in [-0.3, -0.25) is 0 Å². The summed E-state index contributed by atoms with van der Waals surface area (Å²) in [6.45, 7) is 0. The van der Waals surface area contributed by atoms with Crippen LogP contribution < -0.4 is 15.4 Å². The maximum absolute atomic E-state index is 12.1. The summed E-state index contributed by atoms with van der Waals surface area (Å²) in [5.74, 6) is 0.613. The molecule has 9 heteroatoms. The summed E-state index contributed by atoms with van der Waals surface area (Å²) in [6.07, 6.45) is -3.14. The summed E-state index contributed by atoms with van der Waals surface area (Å²) in [6, 6.07) is 5.33. The van der Waals surface area contributed by atoms with Gasteiger partial charge in [-0.25, -0.2) is 4.98 Å². The highest BCUT2D eigenvalue weighted by molar-refractivity contribution is 9.10. The second-order valence-electron chi connectivity index (χ2n) is 3.84. The maximum atomic E-state index is 12.1. The van der Waals surface area contributed by atoms with Crippen LogP contribution in [0.15, 0.2) is 34.9 Å². The fourth-order valence-electron chi connectivity index (χ4n) is 1.45. The molecule has 0 atom stereocenters. The molecule has 2 N–H and O–H groups in total. The zero-order valence-electron chi connectivity index (χ0n) is 10.7. The first-order chi connectivity index (χ1) is 9.87. The Bertz CT molecular complexity index is 619. The van der Waals surface area contributed by atoms with Gasteiger partial charge in [0.25, 0.3) is 0 Å². The molecule has 2 aromatic rings. The molecule has 5 nitrogen and oxygen atoms in total. The average molecular weight is 363 g/mol. The van der Waals surface area contributed by atoms with Crippen molar-refractivity contribution in [3.05, 3.63) is 34.9 Å². The maximum Gasteiger partial charge on any atom is 0.573 e. The van der Waals surface area contributed by atoms with Gasteiger partial charge in [0.05, 0.1) is 4.47 Å². The van der Waals surface area contributed by atoms with Crippen LogP contribution in [-0.2, 0) is 0 Å². The third kappa shape index (κ3) is 4.48. The highest BCUT2D eigenvalue weighted by Gasteiger charge is 2.30. The van der Waals surface area contributed by atoms with E-state index >= 15 is 0 Å². The normalized spacial score (nSPS) is 11.1. The van der Waals surface area contributed by atoms with E-state index < -0.39 is 6.36 Å². The van der Waals surface area contributed by atoms with E-state index in [4.69, 9.17) is 0 Å². The Morgan fingerprint density at radius 1 is 1.19 bits per heavy atom. The third-order valence-electron chi connectivity index (χ3n) is 2.32. The van der Waals surface area contributed by atoms with E-state index in [0.717, 1.165) is 0 Å². The van der Waals surface area contributed by atoms with Gasteiger partial charge >= 0.3 is 6.36 Å². The summed E-state index contributed by atoms with van der Waals surface area (Å²) in [5, 5.41) is 5.75. The molecule has 0 aliphatic rings. The summed E-state index contributed by atoms with van der Waals surface area (Å²) in [4.78, 5) is 8.18. The highest BCUT2D eigenvalue weighted by atomic mass is 79.9. The number of hydrogen-bond donors (Lipinski definition) is 2. The molecule has 1 heterocycles. The number of hydrogen-bond acceptors (Lipinski definition) is 5. The number of aromatic nitrogens is 2. The van der Waals surface area contributed by atoms with Gasteiger partial charge in [0.15, 0.2) is 0 Å². The molecule has 0 aliphatic carbocycles. The Hall–Kier alpha value is -2.03. The number of ether oxygens (including phenoxy) is 1. The quantitative estimate of drug-likeness (QED) is 0.862. The number of nitrogens with zero attached hydrogens (tertiary/aromatic N) is 2. The van der Waals surface area contributed by atoms with Crippen molar-refractivity contribution in [2.24, 2.45) is 0 Å². The lowest BCUT2D eigenvalue weighted by atomic mass is 10.3. The van der Waals surface area contributed by atoms with Crippen molar-refractivity contribution in [1.82, 2.24) is 9.97 Å². The van der Waals surface area contributed by atoms with Crippen molar-refractivity contribution in [2.45, 2.75) is 6.36 Å². The first-order valence-corrected chi connectivity index (χ1v) is 6.50. The Morgan fingerprint density at radius 2 is 1.86 bits per heavy atom. The van der Waals surface area contributed by atoms with Gasteiger partial charge in [-0.1, -0.05) is 0 Å². The summed E-state index contributed by atoms with van der Waals surface area (Å²) in [5.41, 5.74) is 0.561. The lowest BCUT2D eigenvalue weighted by Crippen LogP contribution is -2.16. The van der Waals surface area contributed by atoms with Crippen LogP contribution in [0.3, 0.4) is 0 Å². The van der Waals surface area contributed by atoms with E-state index in [0.29, 0.717) is 21.9 Å². The standard InChI is InChI=1S/C12H10BrF3N4O/c1-17-11-18-6-9(13)10(20-11)19-7-2-4-8(5-3-7)21-12(14,15)16/h2-6H,1H3,(H2,17,18,19,20). The van der Waals surface area contributed by atoms with Crippen LogP contribution in [-0.4, -0.2) is 23.4 Å². The second kappa shape index (κ2) is 6.17. The number of anilines is 3. The zero-order chi connectivity index (χ0) is 15.5. The van der Waals surface area contributed by atoms with E-state index in [2.05, 4.69) is 41.3 Å². The predicted octanol–water partition coefficient (Wildman–Crippen LogP) is 3.92. The lowest BCUT2D eigenvalue weighted by molar-refractivity contribution is -0.274. The van der Waals surface area contributed by atoms with Crippen LogP contribution in [0.2, 0.25) is 0 Å². The largest absolute Gasteiger partial charge is 0.573 e. The molecule has 21 heavy (non-hydrogen) atoms. The van der Waals surface area contributed by atoms with Gasteiger partial charge in [0.1, 0.15) is 11.6 Å². The summed E-state index contributed by atoms with van der Waals surface area (Å²) in [7, 11) is 1.68. The molecular weight excluding hydrogens is 353 g/mol. The van der Waals surface area contributed by atoms with Crippen LogP contribution in [0.4, 0.5) is 30.6 Å². The monoisotopic (exact) mass is 362 g/mol. The molecule has 0 aliphatic heterocycles. The number of nitrogens with one attached hydrogen (secondary N) is 2. The minimum atomic E-state index is -4.70. The molecule has 1 aromatic carbocycles. The molecule has 0 unspecified atom stereocenters. The molecule has 0 amide bonds. The zero-order valence-corrected chi connectivity index (χ0v) is 12.3. The Kier molecular flexibility index (Phi) is 4.51. The van der Waals surface area contributed by atoms with Gasteiger partial charge in [0, 0.05) is 18.9 Å². The molecule has 0 spiro atoms. The molecule has 0 radical (unpaired) electrons. The first kappa shape index (κ1) is 15.4. The first-order valence-electron chi connectivity index (χ1n) is 5.70. The molecular formula is C12H10BrF3N4O. The molecule has 0 saturated carbocycles. The highest BCUT2D eigenvalue weighted by Crippen LogP contribution is 2.27. The van der Waals surface area contributed by atoms with Crippen molar-refractivity contribution in [3.63, 3.8) is 0 Å². The fraction of sp³-hybridized carbons (Fsp3) is 0.167. The Morgan fingerprint density at radius 3 is 2.43 bits per heavy atom. The molecule has 1 aromatic heterocycles. The van der Waals surface area contributed by atoms with Crippen LogP contribution in [0, 0.1) is 0 Å². The second-order valence-corrected chi connectivity index (χ2v) is 4.69. The topological polar surface area (TPSA) is 59.1 Å². The van der Waals surface area contributed by atoms with E-state index in [1.54, 1.807) is 13.2 Å². The molecule has 0 fully saturated rings. The van der Waals surface area contributed by atoms with Gasteiger partial charge in [-0.05, 0) is 40.2 Å². The van der Waals surface area contributed by atoms with E-state index in [9.17, 15) is 13.2 Å². The smallest absolute Gasteiger partial charge is 0.406 e. The van der Waals surface area contributed by atoms with E-state index in [-0.39, 0.29) is 5.75 Å². The third-order valence-corrected chi connectivity index (χ3v) is 2.90. The Labute approximate surface area is 126 Å². The van der Waals surface area contributed by atoms with E-state index in [1.165, 1.54) is 24.3 Å². The van der Waals surface area contributed by atoms with Gasteiger partial charge in [-0.15, -0.1) is 13.2 Å². The van der Waals surface area contributed by atoms with E-state index in [1.807, 2.05) is 0 Å². The summed E-state index contributed by atoms with van der Waals surface area (Å²) >= 11 is 3.28. The minimum Gasteiger partial charge on any atom is -0.406 e. The molecule has 112 valence electrons. The number of halogens is 4. The molecule has 2 rings (SSSR count). The van der Waals surface area contributed by atoms with Crippen LogP contribution in [0.5, 0.6) is 5.75 Å². The van der Waals surface area contributed by atoms with Crippen molar-refractivity contribution < 1.29 is 17.9 Å². The SMILES string of the molecule is CNc1ncc(Br)c(Nc2ccc(OC(F)(F)F)cc2)n1. The van der Waals surface area contributed by atoms with Gasteiger partial charge in [0.2, 0.25) is 5.95 Å². The lowest BCUT2D eigenvalue weighted by Gasteiger charge is -2.11. The van der Waals surface area contributed by atoms with Crippen molar-refractivity contribution in [2.75, 3.05) is 17.7 Å². The predicted molar refractivity (Wildman–Crippen MR) is 75.7 cm³/mol. The van der Waals surface area contributed by atoms with Crippen LogP contribution >= 0.6 is 15.9 Å². The van der Waals surface area contributed by atoms with Gasteiger partial charge in [-0.2, -0.15) is 4.98 Å². The summed E-state index contributed by atoms with van der Waals surface area (Å²) < 4.78 is 40.6. The van der Waals surface area contributed by atoms with Crippen molar-refractivity contribution in [1.29, 1.82) is 0 Å².